The van der Waals surface area contributed by atoms with Gasteiger partial charge in [0.05, 0.1) is 16.9 Å². The van der Waals surface area contributed by atoms with Gasteiger partial charge in [-0.25, -0.2) is 0 Å². The van der Waals surface area contributed by atoms with Gasteiger partial charge in [-0.15, -0.1) is 0 Å². The van der Waals surface area contributed by atoms with Gasteiger partial charge >= 0.3 is 0 Å². The number of nitrogens with zero attached hydrogens (tertiary/aromatic N) is 3. The number of rotatable bonds is 2. The van der Waals surface area contributed by atoms with Gasteiger partial charge in [-0.2, -0.15) is 5.10 Å². The number of piperazine rings is 1. The van der Waals surface area contributed by atoms with Crippen molar-refractivity contribution in [1.29, 1.82) is 0 Å². The average molecular weight is 243 g/mol. The Balaban J connectivity index is 2.05. The van der Waals surface area contributed by atoms with E-state index in [1.807, 2.05) is 11.7 Å². The van der Waals surface area contributed by atoms with Crippen LogP contribution in [0.4, 0.5) is 0 Å². The van der Waals surface area contributed by atoms with E-state index in [0.29, 0.717) is 0 Å². The highest BCUT2D eigenvalue weighted by atomic mass is 35.5. The van der Waals surface area contributed by atoms with Gasteiger partial charge in [0, 0.05) is 38.8 Å². The normalized spacial score (nSPS) is 21.2. The monoisotopic (exact) mass is 242 g/mol. The van der Waals surface area contributed by atoms with Crippen molar-refractivity contribution in [3.05, 3.63) is 16.9 Å². The molecule has 1 saturated heterocycles. The molecule has 0 unspecified atom stereocenters. The molecule has 1 aromatic rings. The van der Waals surface area contributed by atoms with Gasteiger partial charge < -0.3 is 5.32 Å². The molecular weight excluding hydrogens is 224 g/mol. The summed E-state index contributed by atoms with van der Waals surface area (Å²) in [5, 5.41) is 8.42. The van der Waals surface area contributed by atoms with E-state index in [-0.39, 0.29) is 5.54 Å². The Morgan fingerprint density at radius 2 is 2.31 bits per heavy atom. The lowest BCUT2D eigenvalue weighted by Gasteiger charge is -2.39. The molecule has 0 amide bonds. The summed E-state index contributed by atoms with van der Waals surface area (Å²) in [6.45, 7) is 8.45. The van der Waals surface area contributed by atoms with Gasteiger partial charge in [-0.3, -0.25) is 9.58 Å². The van der Waals surface area contributed by atoms with Gasteiger partial charge in [-0.1, -0.05) is 11.6 Å². The summed E-state index contributed by atoms with van der Waals surface area (Å²) in [5.74, 6) is 0. The van der Waals surface area contributed by atoms with E-state index < -0.39 is 0 Å². The van der Waals surface area contributed by atoms with Crippen LogP contribution in [-0.4, -0.2) is 39.9 Å². The van der Waals surface area contributed by atoms with Crippen LogP contribution in [0.5, 0.6) is 0 Å². The van der Waals surface area contributed by atoms with Crippen molar-refractivity contribution >= 4 is 11.6 Å². The highest BCUT2D eigenvalue weighted by Gasteiger charge is 2.26. The molecule has 90 valence electrons. The number of aryl methyl sites for hydroxylation is 1. The lowest BCUT2D eigenvalue weighted by Crippen LogP contribution is -2.56. The molecule has 0 bridgehead atoms. The summed E-state index contributed by atoms with van der Waals surface area (Å²) in [6, 6.07) is 0. The first kappa shape index (κ1) is 11.9. The van der Waals surface area contributed by atoms with E-state index in [1.165, 1.54) is 0 Å². The molecule has 5 heteroatoms. The van der Waals surface area contributed by atoms with Crippen LogP contribution in [0.2, 0.25) is 5.02 Å². The third kappa shape index (κ3) is 2.56. The van der Waals surface area contributed by atoms with Crippen LogP contribution in [0, 0.1) is 0 Å². The second-order valence-electron chi connectivity index (χ2n) is 5.08. The maximum atomic E-state index is 6.11. The van der Waals surface area contributed by atoms with Crippen LogP contribution >= 0.6 is 11.6 Å². The van der Waals surface area contributed by atoms with Gasteiger partial charge in [0.15, 0.2) is 0 Å². The van der Waals surface area contributed by atoms with Gasteiger partial charge in [0.25, 0.3) is 0 Å². The maximum absolute atomic E-state index is 6.11. The highest BCUT2D eigenvalue weighted by molar-refractivity contribution is 6.31. The van der Waals surface area contributed by atoms with E-state index in [2.05, 4.69) is 29.2 Å². The summed E-state index contributed by atoms with van der Waals surface area (Å²) in [5.41, 5.74) is 1.28. The molecule has 2 heterocycles. The SMILES string of the molecule is Cn1ncc(Cl)c1CN1CCNC(C)(C)C1. The lowest BCUT2D eigenvalue weighted by atomic mass is 10.0. The fraction of sp³-hybridized carbons (Fsp3) is 0.727. The molecule has 0 spiro atoms. The van der Waals surface area contributed by atoms with Crippen molar-refractivity contribution in [3.8, 4) is 0 Å². The van der Waals surface area contributed by atoms with Crippen molar-refractivity contribution in [2.24, 2.45) is 7.05 Å². The maximum Gasteiger partial charge on any atom is 0.0831 e. The minimum atomic E-state index is 0.184. The van der Waals surface area contributed by atoms with Gasteiger partial charge in [-0.05, 0) is 13.8 Å². The van der Waals surface area contributed by atoms with E-state index in [4.69, 9.17) is 11.6 Å². The lowest BCUT2D eigenvalue weighted by molar-refractivity contribution is 0.145. The van der Waals surface area contributed by atoms with Crippen LogP contribution < -0.4 is 5.32 Å². The quantitative estimate of drug-likeness (QED) is 0.848. The van der Waals surface area contributed by atoms with E-state index in [1.54, 1.807) is 6.20 Å². The Bertz CT molecular complexity index is 353. The fourth-order valence-corrected chi connectivity index (χ4v) is 2.43. The Morgan fingerprint density at radius 1 is 1.56 bits per heavy atom. The predicted molar refractivity (Wildman–Crippen MR) is 65.6 cm³/mol. The third-order valence-corrected chi connectivity index (χ3v) is 3.35. The smallest absolute Gasteiger partial charge is 0.0831 e. The zero-order valence-corrected chi connectivity index (χ0v) is 10.9. The Hall–Kier alpha value is -0.580. The predicted octanol–water partition coefficient (Wildman–Crippen LogP) is 1.26. The molecule has 1 fully saturated rings. The Morgan fingerprint density at radius 3 is 2.88 bits per heavy atom. The first-order chi connectivity index (χ1) is 7.48. The average Bonchev–Trinajstić information content (AvgIpc) is 2.48. The van der Waals surface area contributed by atoms with E-state index in [9.17, 15) is 0 Å². The molecule has 0 saturated carbocycles. The van der Waals surface area contributed by atoms with Crippen LogP contribution in [-0.2, 0) is 13.6 Å². The zero-order valence-electron chi connectivity index (χ0n) is 10.1. The molecule has 1 aromatic heterocycles. The second kappa shape index (κ2) is 4.35. The molecule has 1 aliphatic heterocycles. The Labute approximate surface area is 102 Å². The van der Waals surface area contributed by atoms with Crippen LogP contribution in [0.1, 0.15) is 19.5 Å². The fourth-order valence-electron chi connectivity index (χ4n) is 2.21. The molecule has 0 radical (unpaired) electrons. The first-order valence-corrected chi connectivity index (χ1v) is 5.99. The van der Waals surface area contributed by atoms with Gasteiger partial charge in [0.2, 0.25) is 0 Å². The highest BCUT2D eigenvalue weighted by Crippen LogP contribution is 2.18. The standard InChI is InChI=1S/C11H19ClN4/c1-11(2)8-16(5-4-13-11)7-10-9(12)6-14-15(10)3/h6,13H,4-5,7-8H2,1-3H3. The minimum Gasteiger partial charge on any atom is -0.309 e. The minimum absolute atomic E-state index is 0.184. The van der Waals surface area contributed by atoms with Crippen LogP contribution in [0.25, 0.3) is 0 Å². The molecule has 16 heavy (non-hydrogen) atoms. The van der Waals surface area contributed by atoms with Crippen LogP contribution in [0.3, 0.4) is 0 Å². The number of hydrogen-bond acceptors (Lipinski definition) is 3. The number of nitrogens with one attached hydrogen (secondary N) is 1. The van der Waals surface area contributed by atoms with Crippen molar-refractivity contribution in [2.75, 3.05) is 19.6 Å². The summed E-state index contributed by atoms with van der Waals surface area (Å²) in [7, 11) is 1.94. The van der Waals surface area contributed by atoms with Gasteiger partial charge in [0.1, 0.15) is 0 Å². The topological polar surface area (TPSA) is 33.1 Å². The number of aromatic nitrogens is 2. The summed E-state index contributed by atoms with van der Waals surface area (Å²) in [6.07, 6.45) is 1.71. The van der Waals surface area contributed by atoms with E-state index in [0.717, 1.165) is 36.9 Å². The molecule has 4 nitrogen and oxygen atoms in total. The second-order valence-corrected chi connectivity index (χ2v) is 5.49. The third-order valence-electron chi connectivity index (χ3n) is 3.03. The zero-order chi connectivity index (χ0) is 11.8. The number of halogens is 1. The molecular formula is C11H19ClN4. The number of hydrogen-bond donors (Lipinski definition) is 1. The first-order valence-electron chi connectivity index (χ1n) is 5.62. The van der Waals surface area contributed by atoms with Crippen LogP contribution in [0.15, 0.2) is 6.20 Å². The summed E-state index contributed by atoms with van der Waals surface area (Å²) < 4.78 is 1.86. The van der Waals surface area contributed by atoms with Crippen molar-refractivity contribution in [3.63, 3.8) is 0 Å². The molecule has 0 aromatic carbocycles. The summed E-state index contributed by atoms with van der Waals surface area (Å²) >= 11 is 6.11. The molecule has 2 rings (SSSR count). The van der Waals surface area contributed by atoms with E-state index >= 15 is 0 Å². The van der Waals surface area contributed by atoms with Crippen molar-refractivity contribution in [2.45, 2.75) is 25.9 Å². The largest absolute Gasteiger partial charge is 0.309 e. The molecule has 0 atom stereocenters. The summed E-state index contributed by atoms with van der Waals surface area (Å²) in [4.78, 5) is 2.42. The Kier molecular flexibility index (Phi) is 3.24. The molecule has 1 aliphatic rings. The molecule has 0 aliphatic carbocycles. The van der Waals surface area contributed by atoms with Crippen molar-refractivity contribution in [1.82, 2.24) is 20.0 Å². The molecule has 1 N–H and O–H groups in total. The van der Waals surface area contributed by atoms with Crippen molar-refractivity contribution < 1.29 is 0 Å².